The number of hydrogen-bond acceptors (Lipinski definition) is 5. The SMILES string of the molecule is Cn1c(=O)c2nc(C#CC3(N4CCCCC4)CCCCC3)c(C#Cc3ccccc3)nc2n(C)c1=O. The van der Waals surface area contributed by atoms with Gasteiger partial charge >= 0.3 is 5.69 Å². The number of aromatic nitrogens is 4. The smallest absolute Gasteiger partial charge is 0.287 e. The molecule has 3 heterocycles. The minimum absolute atomic E-state index is 0.129. The van der Waals surface area contributed by atoms with Crippen LogP contribution in [-0.4, -0.2) is 42.6 Å². The molecule has 2 aromatic heterocycles. The summed E-state index contributed by atoms with van der Waals surface area (Å²) in [5.41, 5.74) is 0.861. The Hall–Kier alpha value is -3.68. The molecule has 0 unspecified atom stereocenters. The van der Waals surface area contributed by atoms with Crippen LogP contribution in [0.3, 0.4) is 0 Å². The van der Waals surface area contributed by atoms with Gasteiger partial charge in [0.15, 0.2) is 11.2 Å². The lowest BCUT2D eigenvalue weighted by Crippen LogP contribution is -2.51. The summed E-state index contributed by atoms with van der Waals surface area (Å²) < 4.78 is 2.39. The number of piperidine rings is 1. The summed E-state index contributed by atoms with van der Waals surface area (Å²) in [6.45, 7) is 2.14. The lowest BCUT2D eigenvalue weighted by Gasteiger charge is -2.44. The van der Waals surface area contributed by atoms with E-state index < -0.39 is 11.2 Å². The van der Waals surface area contributed by atoms with Crippen molar-refractivity contribution in [2.45, 2.75) is 56.9 Å². The number of hydrogen-bond donors (Lipinski definition) is 0. The maximum Gasteiger partial charge on any atom is 0.332 e. The van der Waals surface area contributed by atoms with Crippen molar-refractivity contribution in [3.05, 3.63) is 68.1 Å². The van der Waals surface area contributed by atoms with Gasteiger partial charge in [0.25, 0.3) is 5.56 Å². The van der Waals surface area contributed by atoms with E-state index in [9.17, 15) is 9.59 Å². The third kappa shape index (κ3) is 4.59. The van der Waals surface area contributed by atoms with Gasteiger partial charge in [-0.3, -0.25) is 18.8 Å². The maximum atomic E-state index is 12.9. The summed E-state index contributed by atoms with van der Waals surface area (Å²) in [7, 11) is 3.04. The van der Waals surface area contributed by atoms with Gasteiger partial charge in [0.05, 0.1) is 5.54 Å². The van der Waals surface area contributed by atoms with Gasteiger partial charge in [-0.05, 0) is 62.7 Å². The monoisotopic (exact) mass is 481 g/mol. The zero-order valence-corrected chi connectivity index (χ0v) is 21.0. The fourth-order valence-electron chi connectivity index (χ4n) is 5.35. The Balaban J connectivity index is 1.68. The minimum Gasteiger partial charge on any atom is -0.287 e. The van der Waals surface area contributed by atoms with Crippen LogP contribution < -0.4 is 11.2 Å². The predicted octanol–water partition coefficient (Wildman–Crippen LogP) is 2.97. The summed E-state index contributed by atoms with van der Waals surface area (Å²) in [6, 6.07) is 9.64. The molecule has 1 saturated heterocycles. The van der Waals surface area contributed by atoms with E-state index in [4.69, 9.17) is 0 Å². The Morgan fingerprint density at radius 1 is 0.778 bits per heavy atom. The third-order valence-corrected chi connectivity index (χ3v) is 7.43. The van der Waals surface area contributed by atoms with Gasteiger partial charge in [-0.2, -0.15) is 0 Å². The zero-order chi connectivity index (χ0) is 25.1. The molecule has 0 radical (unpaired) electrons. The number of nitrogens with zero attached hydrogens (tertiary/aromatic N) is 5. The van der Waals surface area contributed by atoms with E-state index in [2.05, 4.69) is 38.5 Å². The third-order valence-electron chi connectivity index (χ3n) is 7.43. The van der Waals surface area contributed by atoms with E-state index in [0.29, 0.717) is 11.4 Å². The highest BCUT2D eigenvalue weighted by molar-refractivity contribution is 5.71. The first-order valence-electron chi connectivity index (χ1n) is 12.8. The average Bonchev–Trinajstić information content (AvgIpc) is 2.94. The molecule has 7 heteroatoms. The second-order valence-corrected chi connectivity index (χ2v) is 9.80. The van der Waals surface area contributed by atoms with Crippen LogP contribution >= 0.6 is 0 Å². The average molecular weight is 482 g/mol. The second-order valence-electron chi connectivity index (χ2n) is 9.80. The van der Waals surface area contributed by atoms with Crippen molar-refractivity contribution in [3.8, 4) is 23.7 Å². The molecule has 2 fully saturated rings. The van der Waals surface area contributed by atoms with Crippen molar-refractivity contribution in [2.75, 3.05) is 13.1 Å². The molecule has 2 aliphatic rings. The van der Waals surface area contributed by atoms with E-state index in [1.54, 1.807) is 7.05 Å². The molecular formula is C29H31N5O2. The first-order valence-corrected chi connectivity index (χ1v) is 12.8. The number of likely N-dealkylation sites (tertiary alicyclic amines) is 1. The van der Waals surface area contributed by atoms with Crippen molar-refractivity contribution in [1.82, 2.24) is 24.0 Å². The molecule has 1 aliphatic heterocycles. The molecule has 0 atom stereocenters. The molecule has 0 amide bonds. The van der Waals surface area contributed by atoms with Crippen LogP contribution in [0.15, 0.2) is 39.9 Å². The fraction of sp³-hybridized carbons (Fsp3) is 0.448. The number of benzene rings is 1. The lowest BCUT2D eigenvalue weighted by molar-refractivity contribution is 0.0792. The molecule has 184 valence electrons. The minimum atomic E-state index is -0.477. The van der Waals surface area contributed by atoms with Crippen molar-refractivity contribution < 1.29 is 0 Å². The van der Waals surface area contributed by atoms with E-state index >= 15 is 0 Å². The Bertz CT molecular complexity index is 1520. The van der Waals surface area contributed by atoms with Crippen LogP contribution in [0.5, 0.6) is 0 Å². The quantitative estimate of drug-likeness (QED) is 0.500. The van der Waals surface area contributed by atoms with Crippen LogP contribution in [0.2, 0.25) is 0 Å². The van der Waals surface area contributed by atoms with Crippen molar-refractivity contribution in [1.29, 1.82) is 0 Å². The van der Waals surface area contributed by atoms with Gasteiger partial charge in [0, 0.05) is 19.7 Å². The highest BCUT2D eigenvalue weighted by Gasteiger charge is 2.37. The number of aryl methyl sites for hydroxylation is 1. The van der Waals surface area contributed by atoms with E-state index in [0.717, 1.165) is 48.9 Å². The van der Waals surface area contributed by atoms with Crippen LogP contribution in [0.1, 0.15) is 68.3 Å². The number of fused-ring (bicyclic) bond motifs is 1. The molecule has 0 spiro atoms. The van der Waals surface area contributed by atoms with Crippen LogP contribution in [0.25, 0.3) is 11.2 Å². The highest BCUT2D eigenvalue weighted by atomic mass is 16.2. The van der Waals surface area contributed by atoms with E-state index in [1.165, 1.54) is 37.3 Å². The number of rotatable bonds is 1. The van der Waals surface area contributed by atoms with Crippen LogP contribution in [-0.2, 0) is 14.1 Å². The molecule has 7 nitrogen and oxygen atoms in total. The summed E-state index contributed by atoms with van der Waals surface area (Å²) in [5, 5.41) is 0. The summed E-state index contributed by atoms with van der Waals surface area (Å²) in [4.78, 5) is 37.3. The predicted molar refractivity (Wildman–Crippen MR) is 141 cm³/mol. The van der Waals surface area contributed by atoms with E-state index in [1.807, 2.05) is 30.3 Å². The van der Waals surface area contributed by atoms with Crippen molar-refractivity contribution in [3.63, 3.8) is 0 Å². The van der Waals surface area contributed by atoms with Gasteiger partial charge in [0.1, 0.15) is 11.4 Å². The molecule has 5 rings (SSSR count). The summed E-state index contributed by atoms with van der Waals surface area (Å²) in [5.74, 6) is 13.2. The standard InChI is InChI=1S/C29H31N5O2/c1-32-26-25(27(35)33(2)28(32)36)30-24(23(31-26)15-14-22-12-6-3-7-13-22)16-19-29(17-8-4-9-18-29)34-20-10-5-11-21-34/h3,6-7,12-13H,4-5,8-11,17-18,20-21H2,1-2H3. The molecule has 36 heavy (non-hydrogen) atoms. The molecule has 3 aromatic rings. The Morgan fingerprint density at radius 2 is 1.44 bits per heavy atom. The molecular weight excluding hydrogens is 450 g/mol. The van der Waals surface area contributed by atoms with Crippen molar-refractivity contribution in [2.24, 2.45) is 14.1 Å². The van der Waals surface area contributed by atoms with Crippen LogP contribution in [0.4, 0.5) is 0 Å². The van der Waals surface area contributed by atoms with Gasteiger partial charge in [-0.25, -0.2) is 14.8 Å². The second kappa shape index (κ2) is 10.1. The first kappa shape index (κ1) is 24.0. The van der Waals surface area contributed by atoms with Crippen molar-refractivity contribution >= 4 is 11.2 Å². The van der Waals surface area contributed by atoms with Gasteiger partial charge in [-0.1, -0.05) is 55.7 Å². The topological polar surface area (TPSA) is 73.0 Å². The highest BCUT2D eigenvalue weighted by Crippen LogP contribution is 2.35. The van der Waals surface area contributed by atoms with E-state index in [-0.39, 0.29) is 16.7 Å². The molecule has 1 aliphatic carbocycles. The normalized spacial score (nSPS) is 17.6. The molecule has 1 saturated carbocycles. The summed E-state index contributed by atoms with van der Waals surface area (Å²) in [6.07, 6.45) is 9.34. The Morgan fingerprint density at radius 3 is 2.17 bits per heavy atom. The fourth-order valence-corrected chi connectivity index (χ4v) is 5.35. The Labute approximate surface area is 211 Å². The van der Waals surface area contributed by atoms with Gasteiger partial charge in [0.2, 0.25) is 0 Å². The Kier molecular flexibility index (Phi) is 6.76. The summed E-state index contributed by atoms with van der Waals surface area (Å²) >= 11 is 0. The van der Waals surface area contributed by atoms with Gasteiger partial charge in [-0.15, -0.1) is 0 Å². The first-order chi connectivity index (χ1) is 17.5. The lowest BCUT2D eigenvalue weighted by atomic mass is 9.79. The molecule has 0 N–H and O–H groups in total. The van der Waals surface area contributed by atoms with Crippen LogP contribution in [0, 0.1) is 23.7 Å². The largest absolute Gasteiger partial charge is 0.332 e. The van der Waals surface area contributed by atoms with Gasteiger partial charge < -0.3 is 0 Å². The molecule has 0 bridgehead atoms. The maximum absolute atomic E-state index is 12.9. The molecule has 1 aromatic carbocycles. The zero-order valence-electron chi connectivity index (χ0n) is 21.0.